The quantitative estimate of drug-likeness (QED) is 0.389. The van der Waals surface area contributed by atoms with Crippen LogP contribution >= 0.6 is 35.6 Å². The van der Waals surface area contributed by atoms with Crippen molar-refractivity contribution >= 4 is 53.1 Å². The van der Waals surface area contributed by atoms with E-state index in [1.165, 1.54) is 0 Å². The number of aliphatic imine (C=N–C) groups is 1. The van der Waals surface area contributed by atoms with Crippen molar-refractivity contribution < 1.29 is 4.79 Å². The minimum absolute atomic E-state index is 0. The van der Waals surface area contributed by atoms with Crippen LogP contribution in [0.25, 0.3) is 0 Å². The molecule has 0 unspecified atom stereocenters. The Hall–Kier alpha value is -1.22. The number of hydrogen-bond acceptors (Lipinski definition) is 3. The fourth-order valence-electron chi connectivity index (χ4n) is 2.64. The summed E-state index contributed by atoms with van der Waals surface area (Å²) in [5, 5.41) is 4.12. The summed E-state index contributed by atoms with van der Waals surface area (Å²) in [6.07, 6.45) is 1.02. The Balaban J connectivity index is 0.00000338. The average molecular weight is 494 g/mol. The fourth-order valence-corrected chi connectivity index (χ4v) is 2.82. The normalized spacial score (nSPS) is 14.7. The minimum Gasteiger partial charge on any atom is -0.368 e. The highest BCUT2D eigenvalue weighted by Crippen LogP contribution is 2.20. The van der Waals surface area contributed by atoms with Crippen molar-refractivity contribution in [3.8, 4) is 0 Å². The maximum atomic E-state index is 11.8. The molecule has 6 nitrogen and oxygen atoms in total. The lowest BCUT2D eigenvalue weighted by atomic mass is 10.2. The third-order valence-corrected chi connectivity index (χ3v) is 4.38. The molecule has 1 saturated heterocycles. The predicted octanol–water partition coefficient (Wildman–Crippen LogP) is 2.52. The van der Waals surface area contributed by atoms with Crippen molar-refractivity contribution in [2.24, 2.45) is 4.99 Å². The highest BCUT2D eigenvalue weighted by Gasteiger charge is 2.20. The zero-order valence-electron chi connectivity index (χ0n) is 15.7. The van der Waals surface area contributed by atoms with Crippen molar-refractivity contribution in [3.05, 3.63) is 29.3 Å². The second kappa shape index (κ2) is 11.5. The number of carbonyl (C=O) groups is 1. The van der Waals surface area contributed by atoms with Crippen LogP contribution in [0.4, 0.5) is 5.69 Å². The van der Waals surface area contributed by atoms with Gasteiger partial charge in [0.1, 0.15) is 6.54 Å². The number of guanidine groups is 1. The SMILES string of the molecule is CCCNC(=NCC(=O)N(C)C)N1CCN(c2cccc(Cl)c2)CC1.I. The van der Waals surface area contributed by atoms with Crippen LogP contribution in [0.3, 0.4) is 0 Å². The van der Waals surface area contributed by atoms with Crippen LogP contribution in [0.1, 0.15) is 13.3 Å². The molecule has 2 rings (SSSR count). The Morgan fingerprint density at radius 2 is 1.96 bits per heavy atom. The van der Waals surface area contributed by atoms with E-state index < -0.39 is 0 Å². The zero-order chi connectivity index (χ0) is 18.2. The van der Waals surface area contributed by atoms with E-state index in [-0.39, 0.29) is 36.4 Å². The molecule has 26 heavy (non-hydrogen) atoms. The lowest BCUT2D eigenvalue weighted by Crippen LogP contribution is -2.53. The summed E-state index contributed by atoms with van der Waals surface area (Å²) in [7, 11) is 3.50. The van der Waals surface area contributed by atoms with Gasteiger partial charge in [-0.05, 0) is 24.6 Å². The van der Waals surface area contributed by atoms with Gasteiger partial charge in [-0.1, -0.05) is 24.6 Å². The molecule has 0 atom stereocenters. The van der Waals surface area contributed by atoms with Gasteiger partial charge in [0.2, 0.25) is 5.91 Å². The second-order valence-electron chi connectivity index (χ2n) is 6.31. The van der Waals surface area contributed by atoms with Gasteiger partial charge < -0.3 is 20.0 Å². The maximum Gasteiger partial charge on any atom is 0.243 e. The molecule has 146 valence electrons. The first-order valence-electron chi connectivity index (χ1n) is 8.75. The standard InChI is InChI=1S/C18H28ClN5O.HI/c1-4-8-20-18(21-14-17(25)22(2)3)24-11-9-23(10-12-24)16-7-5-6-15(19)13-16;/h5-7,13H,4,8-12,14H2,1-3H3,(H,20,21);1H. The summed E-state index contributed by atoms with van der Waals surface area (Å²) in [4.78, 5) is 22.5. The Bertz CT molecular complexity index is 603. The van der Waals surface area contributed by atoms with E-state index in [4.69, 9.17) is 11.6 Å². The molecule has 1 N–H and O–H groups in total. The number of nitrogens with zero attached hydrogens (tertiary/aromatic N) is 4. The van der Waals surface area contributed by atoms with Crippen LogP contribution in [-0.4, -0.2) is 75.0 Å². The van der Waals surface area contributed by atoms with Crippen molar-refractivity contribution in [3.63, 3.8) is 0 Å². The highest BCUT2D eigenvalue weighted by molar-refractivity contribution is 14.0. The Labute approximate surface area is 178 Å². The van der Waals surface area contributed by atoms with Gasteiger partial charge in [0.05, 0.1) is 0 Å². The largest absolute Gasteiger partial charge is 0.368 e. The molecular weight excluding hydrogens is 465 g/mol. The first-order chi connectivity index (χ1) is 12.0. The smallest absolute Gasteiger partial charge is 0.243 e. The van der Waals surface area contributed by atoms with Crippen LogP contribution in [0, 0.1) is 0 Å². The molecule has 0 aliphatic carbocycles. The van der Waals surface area contributed by atoms with Crippen molar-refractivity contribution in [1.82, 2.24) is 15.1 Å². The van der Waals surface area contributed by atoms with Gasteiger partial charge in [0.15, 0.2) is 5.96 Å². The molecule has 8 heteroatoms. The zero-order valence-corrected chi connectivity index (χ0v) is 18.8. The van der Waals surface area contributed by atoms with Crippen LogP contribution in [-0.2, 0) is 4.79 Å². The molecule has 0 spiro atoms. The first kappa shape index (κ1) is 22.8. The van der Waals surface area contributed by atoms with Crippen molar-refractivity contribution in [2.75, 3.05) is 58.3 Å². The monoisotopic (exact) mass is 493 g/mol. The minimum atomic E-state index is 0. The van der Waals surface area contributed by atoms with Gasteiger partial charge in [-0.25, -0.2) is 4.99 Å². The van der Waals surface area contributed by atoms with E-state index in [1.54, 1.807) is 19.0 Å². The fraction of sp³-hybridized carbons (Fsp3) is 0.556. The highest BCUT2D eigenvalue weighted by atomic mass is 127. The molecule has 0 saturated carbocycles. The molecular formula is C18H29ClIN5O. The van der Waals surface area contributed by atoms with Gasteiger partial charge in [0.25, 0.3) is 0 Å². The molecule has 1 aromatic rings. The average Bonchev–Trinajstić information content (AvgIpc) is 2.61. The summed E-state index contributed by atoms with van der Waals surface area (Å²) >= 11 is 6.09. The van der Waals surface area contributed by atoms with Gasteiger partial charge in [-0.15, -0.1) is 24.0 Å². The molecule has 1 heterocycles. The summed E-state index contributed by atoms with van der Waals surface area (Å²) in [6.45, 7) is 6.66. The summed E-state index contributed by atoms with van der Waals surface area (Å²) < 4.78 is 0. The number of likely N-dealkylation sites (N-methyl/N-ethyl adjacent to an activating group) is 1. The lowest BCUT2D eigenvalue weighted by molar-refractivity contribution is -0.127. The van der Waals surface area contributed by atoms with Crippen LogP contribution in [0.15, 0.2) is 29.3 Å². The Morgan fingerprint density at radius 3 is 2.54 bits per heavy atom. The van der Waals surface area contributed by atoms with Gasteiger partial charge in [-0.3, -0.25) is 4.79 Å². The molecule has 0 radical (unpaired) electrons. The van der Waals surface area contributed by atoms with Crippen LogP contribution in [0.2, 0.25) is 5.02 Å². The van der Waals surface area contributed by atoms with E-state index in [1.807, 2.05) is 18.2 Å². The lowest BCUT2D eigenvalue weighted by Gasteiger charge is -2.37. The van der Waals surface area contributed by atoms with Gasteiger partial charge in [0, 0.05) is 57.5 Å². The number of benzene rings is 1. The first-order valence-corrected chi connectivity index (χ1v) is 9.13. The number of piperazine rings is 1. The molecule has 0 aromatic heterocycles. The molecule has 1 aromatic carbocycles. The second-order valence-corrected chi connectivity index (χ2v) is 6.75. The molecule has 1 amide bonds. The van der Waals surface area contributed by atoms with Crippen LogP contribution < -0.4 is 10.2 Å². The number of anilines is 1. The number of halogens is 2. The molecule has 1 aliphatic rings. The van der Waals surface area contributed by atoms with Crippen LogP contribution in [0.5, 0.6) is 0 Å². The topological polar surface area (TPSA) is 51.2 Å². The van der Waals surface area contributed by atoms with E-state index in [0.717, 1.165) is 55.8 Å². The number of nitrogens with one attached hydrogen (secondary N) is 1. The Morgan fingerprint density at radius 1 is 1.27 bits per heavy atom. The van der Waals surface area contributed by atoms with E-state index in [9.17, 15) is 4.79 Å². The van der Waals surface area contributed by atoms with Crippen molar-refractivity contribution in [1.29, 1.82) is 0 Å². The number of amides is 1. The van der Waals surface area contributed by atoms with Gasteiger partial charge in [-0.2, -0.15) is 0 Å². The van der Waals surface area contributed by atoms with Gasteiger partial charge >= 0.3 is 0 Å². The number of rotatable bonds is 5. The molecule has 1 fully saturated rings. The third-order valence-electron chi connectivity index (χ3n) is 4.15. The Kier molecular flexibility index (Phi) is 10.1. The predicted molar refractivity (Wildman–Crippen MR) is 120 cm³/mol. The number of hydrogen-bond donors (Lipinski definition) is 1. The summed E-state index contributed by atoms with van der Waals surface area (Å²) in [5.41, 5.74) is 1.15. The van der Waals surface area contributed by atoms with E-state index in [2.05, 4.69) is 33.1 Å². The summed E-state index contributed by atoms with van der Waals surface area (Å²) in [6, 6.07) is 7.95. The molecule has 0 bridgehead atoms. The third kappa shape index (κ3) is 6.83. The number of carbonyl (C=O) groups excluding carboxylic acids is 1. The molecule has 1 aliphatic heterocycles. The van der Waals surface area contributed by atoms with E-state index in [0.29, 0.717) is 0 Å². The van der Waals surface area contributed by atoms with Crippen molar-refractivity contribution in [2.45, 2.75) is 13.3 Å². The maximum absolute atomic E-state index is 11.8. The summed E-state index contributed by atoms with van der Waals surface area (Å²) in [5.74, 6) is 0.830. The van der Waals surface area contributed by atoms with E-state index >= 15 is 0 Å².